The average molecular weight is 420 g/mol. The van der Waals surface area contributed by atoms with Crippen molar-refractivity contribution in [3.05, 3.63) is 23.6 Å². The van der Waals surface area contributed by atoms with Gasteiger partial charge in [-0.25, -0.2) is 4.98 Å². The van der Waals surface area contributed by atoms with E-state index in [-0.39, 0.29) is 24.9 Å². The van der Waals surface area contributed by atoms with Crippen LogP contribution in [-0.4, -0.2) is 55.4 Å². The largest absolute Gasteiger partial charge is 0.497 e. The average Bonchev–Trinajstić information content (AvgIpc) is 3.41. The summed E-state index contributed by atoms with van der Waals surface area (Å²) < 4.78 is 16.4. The van der Waals surface area contributed by atoms with Gasteiger partial charge < -0.3 is 19.3 Å². The third-order valence-corrected chi connectivity index (χ3v) is 5.53. The predicted molar refractivity (Wildman–Crippen MR) is 109 cm³/mol. The van der Waals surface area contributed by atoms with Gasteiger partial charge in [-0.2, -0.15) is 0 Å². The van der Waals surface area contributed by atoms with Crippen LogP contribution in [0.1, 0.15) is 25.7 Å². The third-order valence-electron chi connectivity index (χ3n) is 4.67. The Labute approximate surface area is 173 Å². The smallest absolute Gasteiger partial charge is 0.303 e. The number of carboxylic acids is 1. The van der Waals surface area contributed by atoms with Crippen LogP contribution in [0.5, 0.6) is 11.5 Å². The Morgan fingerprint density at radius 1 is 1.31 bits per heavy atom. The Morgan fingerprint density at radius 3 is 2.79 bits per heavy atom. The molecule has 1 aromatic heterocycles. The molecule has 1 aliphatic heterocycles. The molecule has 3 rings (SSSR count). The second-order valence-electron chi connectivity index (χ2n) is 6.61. The fourth-order valence-electron chi connectivity index (χ4n) is 3.15. The van der Waals surface area contributed by atoms with Gasteiger partial charge in [-0.1, -0.05) is 0 Å². The van der Waals surface area contributed by atoms with Gasteiger partial charge in [0.05, 0.1) is 39.0 Å². The number of thiazole rings is 1. The van der Waals surface area contributed by atoms with Gasteiger partial charge in [0.15, 0.2) is 5.13 Å². The zero-order chi connectivity index (χ0) is 20.8. The number of hydrogen-bond donors (Lipinski definition) is 1. The van der Waals surface area contributed by atoms with Crippen LogP contribution >= 0.6 is 11.3 Å². The van der Waals surface area contributed by atoms with E-state index in [0.29, 0.717) is 35.5 Å². The molecule has 8 nitrogen and oxygen atoms in total. The van der Waals surface area contributed by atoms with Crippen molar-refractivity contribution in [2.75, 3.05) is 32.3 Å². The molecule has 9 heteroatoms. The summed E-state index contributed by atoms with van der Waals surface area (Å²) in [4.78, 5) is 29.8. The first-order valence-corrected chi connectivity index (χ1v) is 10.2. The molecule has 156 valence electrons. The van der Waals surface area contributed by atoms with E-state index >= 15 is 0 Å². The molecule has 1 N–H and O–H groups in total. The van der Waals surface area contributed by atoms with E-state index in [1.165, 1.54) is 11.3 Å². The van der Waals surface area contributed by atoms with Crippen molar-refractivity contribution in [1.29, 1.82) is 0 Å². The van der Waals surface area contributed by atoms with E-state index in [2.05, 4.69) is 4.98 Å². The van der Waals surface area contributed by atoms with Gasteiger partial charge in [0.25, 0.3) is 0 Å². The highest BCUT2D eigenvalue weighted by Crippen LogP contribution is 2.36. The van der Waals surface area contributed by atoms with Crippen LogP contribution in [-0.2, 0) is 14.3 Å². The molecule has 0 saturated carbocycles. The summed E-state index contributed by atoms with van der Waals surface area (Å²) in [7, 11) is 3.17. The Kier molecular flexibility index (Phi) is 7.05. The number of anilines is 1. The predicted octanol–water partition coefficient (Wildman–Crippen LogP) is 3.20. The molecule has 0 bridgehead atoms. The molecule has 29 heavy (non-hydrogen) atoms. The number of ether oxygens (including phenoxy) is 3. The summed E-state index contributed by atoms with van der Waals surface area (Å²) >= 11 is 1.33. The van der Waals surface area contributed by atoms with E-state index in [1.54, 1.807) is 31.3 Å². The van der Waals surface area contributed by atoms with E-state index in [0.717, 1.165) is 18.4 Å². The molecule has 1 aliphatic rings. The number of carbonyl (C=O) groups is 2. The molecule has 2 heterocycles. The number of aromatic nitrogens is 1. The summed E-state index contributed by atoms with van der Waals surface area (Å²) in [5.41, 5.74) is 1.41. The zero-order valence-corrected chi connectivity index (χ0v) is 17.2. The number of hydrogen-bond acceptors (Lipinski definition) is 7. The molecule has 0 spiro atoms. The van der Waals surface area contributed by atoms with Crippen LogP contribution < -0.4 is 14.4 Å². The number of carbonyl (C=O) groups excluding carboxylic acids is 1. The normalized spacial score (nSPS) is 15.9. The van der Waals surface area contributed by atoms with Crippen molar-refractivity contribution in [1.82, 2.24) is 4.98 Å². The lowest BCUT2D eigenvalue weighted by Crippen LogP contribution is -2.37. The lowest BCUT2D eigenvalue weighted by atomic mass is 10.1. The number of nitrogens with zero attached hydrogens (tertiary/aromatic N) is 2. The molecule has 0 aliphatic carbocycles. The van der Waals surface area contributed by atoms with Gasteiger partial charge in [0.2, 0.25) is 5.91 Å². The molecule has 0 radical (unpaired) electrons. The Morgan fingerprint density at radius 2 is 2.14 bits per heavy atom. The lowest BCUT2D eigenvalue weighted by molar-refractivity contribution is -0.138. The van der Waals surface area contributed by atoms with Crippen LogP contribution in [0.25, 0.3) is 11.3 Å². The lowest BCUT2D eigenvalue weighted by Gasteiger charge is -2.23. The maximum absolute atomic E-state index is 12.7. The van der Waals surface area contributed by atoms with Gasteiger partial charge in [-0.05, 0) is 31.0 Å². The van der Waals surface area contributed by atoms with Crippen molar-refractivity contribution >= 4 is 28.3 Å². The van der Waals surface area contributed by atoms with Crippen LogP contribution in [0.2, 0.25) is 0 Å². The first-order chi connectivity index (χ1) is 14.0. The van der Waals surface area contributed by atoms with Crippen LogP contribution in [0.15, 0.2) is 23.6 Å². The van der Waals surface area contributed by atoms with E-state index < -0.39 is 5.97 Å². The molecular formula is C20H24N2O6S. The number of aliphatic carboxylic acids is 1. The summed E-state index contributed by atoms with van der Waals surface area (Å²) in [6.45, 7) is 1.03. The Bertz CT molecular complexity index is 862. The van der Waals surface area contributed by atoms with Gasteiger partial charge in [0.1, 0.15) is 11.5 Å². The standard InChI is InChI=1S/C20H24N2O6S/c1-26-13-5-6-17(27-2)15(10-13)16-12-29-20(21-16)22(11-14-4-3-9-28-14)18(23)7-8-19(24)25/h5-6,10,12,14H,3-4,7-9,11H2,1-2H3,(H,24,25). The minimum atomic E-state index is -1.00. The number of rotatable bonds is 9. The molecule has 1 saturated heterocycles. The molecule has 1 amide bonds. The zero-order valence-electron chi connectivity index (χ0n) is 16.4. The fourth-order valence-corrected chi connectivity index (χ4v) is 4.00. The highest BCUT2D eigenvalue weighted by atomic mass is 32.1. The molecule has 1 unspecified atom stereocenters. The van der Waals surface area contributed by atoms with Gasteiger partial charge in [0, 0.05) is 24.0 Å². The second-order valence-corrected chi connectivity index (χ2v) is 7.45. The minimum Gasteiger partial charge on any atom is -0.497 e. The molecule has 1 aromatic carbocycles. The van der Waals surface area contributed by atoms with Gasteiger partial charge in [-0.15, -0.1) is 11.3 Å². The van der Waals surface area contributed by atoms with E-state index in [1.807, 2.05) is 11.4 Å². The summed E-state index contributed by atoms with van der Waals surface area (Å²) in [6.07, 6.45) is 1.45. The highest BCUT2D eigenvalue weighted by Gasteiger charge is 2.26. The van der Waals surface area contributed by atoms with E-state index in [9.17, 15) is 9.59 Å². The van der Waals surface area contributed by atoms with Gasteiger partial charge >= 0.3 is 5.97 Å². The van der Waals surface area contributed by atoms with Crippen molar-refractivity contribution in [2.45, 2.75) is 31.8 Å². The topological polar surface area (TPSA) is 98.2 Å². The molecule has 1 atom stereocenters. The van der Waals surface area contributed by atoms with Gasteiger partial charge in [-0.3, -0.25) is 14.5 Å². The first-order valence-electron chi connectivity index (χ1n) is 9.33. The van der Waals surface area contributed by atoms with Crippen molar-refractivity contribution in [3.63, 3.8) is 0 Å². The number of benzene rings is 1. The fraction of sp³-hybridized carbons (Fsp3) is 0.450. The minimum absolute atomic E-state index is 0.0671. The Hall–Kier alpha value is -2.65. The summed E-state index contributed by atoms with van der Waals surface area (Å²) in [5, 5.41) is 11.3. The number of amides is 1. The highest BCUT2D eigenvalue weighted by molar-refractivity contribution is 7.14. The molecule has 2 aromatic rings. The quantitative estimate of drug-likeness (QED) is 0.665. The number of methoxy groups -OCH3 is 2. The summed E-state index contributed by atoms with van der Waals surface area (Å²) in [6, 6.07) is 5.43. The maximum atomic E-state index is 12.7. The summed E-state index contributed by atoms with van der Waals surface area (Å²) in [5.74, 6) is 0.0346. The van der Waals surface area contributed by atoms with E-state index in [4.69, 9.17) is 19.3 Å². The van der Waals surface area contributed by atoms with Crippen molar-refractivity contribution < 1.29 is 28.9 Å². The maximum Gasteiger partial charge on any atom is 0.303 e. The second kappa shape index (κ2) is 9.71. The molecule has 1 fully saturated rings. The molecular weight excluding hydrogens is 396 g/mol. The first kappa shape index (κ1) is 21.1. The van der Waals surface area contributed by atoms with Crippen LogP contribution in [0.3, 0.4) is 0 Å². The van der Waals surface area contributed by atoms with Crippen molar-refractivity contribution in [3.8, 4) is 22.8 Å². The van der Waals surface area contributed by atoms with Crippen LogP contribution in [0.4, 0.5) is 5.13 Å². The number of carboxylic acid groups (broad SMARTS) is 1. The SMILES string of the molecule is COc1ccc(OC)c(-c2csc(N(CC3CCCO3)C(=O)CCC(=O)O)n2)c1. The van der Waals surface area contributed by atoms with Crippen molar-refractivity contribution in [2.24, 2.45) is 0 Å². The van der Waals surface area contributed by atoms with Crippen LogP contribution in [0, 0.1) is 0 Å². The Balaban J connectivity index is 1.88. The monoisotopic (exact) mass is 420 g/mol. The third kappa shape index (κ3) is 5.24.